The van der Waals surface area contributed by atoms with E-state index < -0.39 is 0 Å². The average Bonchev–Trinajstić information content (AvgIpc) is 3.34. The molecule has 2 N–H and O–H groups in total. The summed E-state index contributed by atoms with van der Waals surface area (Å²) in [5.41, 5.74) is 3.22. The first-order chi connectivity index (χ1) is 13.1. The van der Waals surface area contributed by atoms with E-state index in [2.05, 4.69) is 21.8 Å². The van der Waals surface area contributed by atoms with Crippen molar-refractivity contribution >= 4 is 29.9 Å². The lowest BCUT2D eigenvalue weighted by Gasteiger charge is -2.29. The number of carbonyl (C=O) groups excluding carboxylic acids is 2. The molecule has 150 valence electrons. The summed E-state index contributed by atoms with van der Waals surface area (Å²) in [6.45, 7) is 2.10. The maximum absolute atomic E-state index is 12.7. The molecule has 8 heteroatoms. The van der Waals surface area contributed by atoms with Gasteiger partial charge in [-0.3, -0.25) is 14.3 Å². The van der Waals surface area contributed by atoms with E-state index in [1.54, 1.807) is 9.58 Å². The fraction of sp³-hybridized carbons (Fsp3) is 0.450. The molecule has 0 unspecified atom stereocenters. The van der Waals surface area contributed by atoms with Crippen LogP contribution in [0.5, 0.6) is 0 Å². The zero-order valence-corrected chi connectivity index (χ0v) is 16.7. The van der Waals surface area contributed by atoms with Crippen molar-refractivity contribution in [3.63, 3.8) is 0 Å². The maximum atomic E-state index is 12.7. The number of hydrogen-bond donors (Lipinski definition) is 2. The normalized spacial score (nSPS) is 21.0. The molecule has 3 heterocycles. The van der Waals surface area contributed by atoms with Crippen LogP contribution >= 0.6 is 12.4 Å². The van der Waals surface area contributed by atoms with Crippen LogP contribution in [0.2, 0.25) is 0 Å². The van der Waals surface area contributed by atoms with Crippen LogP contribution in [0.1, 0.15) is 23.5 Å². The van der Waals surface area contributed by atoms with Gasteiger partial charge in [-0.2, -0.15) is 5.10 Å². The van der Waals surface area contributed by atoms with Crippen LogP contribution < -0.4 is 15.5 Å². The van der Waals surface area contributed by atoms with Gasteiger partial charge in [0.05, 0.1) is 18.7 Å². The minimum absolute atomic E-state index is 0. The Balaban J connectivity index is 0.00000225. The summed E-state index contributed by atoms with van der Waals surface area (Å²) in [6, 6.07) is 8.00. The Morgan fingerprint density at radius 1 is 1.29 bits per heavy atom. The number of para-hydroxylation sites is 1. The second-order valence-electron chi connectivity index (χ2n) is 7.31. The minimum Gasteiger partial charge on any atom is -0.347 e. The van der Waals surface area contributed by atoms with Gasteiger partial charge in [-0.05, 0) is 30.0 Å². The van der Waals surface area contributed by atoms with Gasteiger partial charge in [-0.1, -0.05) is 18.2 Å². The molecule has 1 saturated heterocycles. The Morgan fingerprint density at radius 3 is 2.89 bits per heavy atom. The Hall–Kier alpha value is -2.38. The van der Waals surface area contributed by atoms with E-state index in [1.165, 1.54) is 5.56 Å². The quantitative estimate of drug-likeness (QED) is 0.805. The monoisotopic (exact) mass is 403 g/mol. The third-order valence-corrected chi connectivity index (χ3v) is 5.53. The molecule has 0 bridgehead atoms. The molecule has 2 aromatic rings. The number of rotatable bonds is 4. The summed E-state index contributed by atoms with van der Waals surface area (Å²) in [5, 5.41) is 10.4. The number of anilines is 1. The van der Waals surface area contributed by atoms with Crippen LogP contribution in [0.25, 0.3) is 0 Å². The number of amides is 2. The molecule has 0 saturated carbocycles. The summed E-state index contributed by atoms with van der Waals surface area (Å²) in [7, 11) is 1.87. The van der Waals surface area contributed by atoms with E-state index in [4.69, 9.17) is 0 Å². The van der Waals surface area contributed by atoms with Gasteiger partial charge in [-0.15, -0.1) is 12.4 Å². The summed E-state index contributed by atoms with van der Waals surface area (Å²) >= 11 is 0. The third kappa shape index (κ3) is 4.05. The number of fused-ring (bicyclic) bond motifs is 1. The Morgan fingerprint density at radius 2 is 2.11 bits per heavy atom. The Kier molecular flexibility index (Phi) is 6.36. The highest BCUT2D eigenvalue weighted by molar-refractivity contribution is 5.98. The molecule has 2 aliphatic heterocycles. The fourth-order valence-corrected chi connectivity index (χ4v) is 4.12. The van der Waals surface area contributed by atoms with E-state index in [1.807, 2.05) is 37.6 Å². The highest BCUT2D eigenvalue weighted by atomic mass is 35.5. The van der Waals surface area contributed by atoms with Crippen LogP contribution in [0.15, 0.2) is 36.7 Å². The second kappa shape index (κ2) is 8.75. The van der Waals surface area contributed by atoms with Crippen molar-refractivity contribution < 1.29 is 9.59 Å². The number of nitrogens with zero attached hydrogens (tertiary/aromatic N) is 3. The fourth-order valence-electron chi connectivity index (χ4n) is 4.12. The molecule has 28 heavy (non-hydrogen) atoms. The molecule has 0 radical (unpaired) electrons. The first kappa shape index (κ1) is 20.4. The topological polar surface area (TPSA) is 79.3 Å². The summed E-state index contributed by atoms with van der Waals surface area (Å²) in [5.74, 6) is -0.230. The Bertz CT molecular complexity index is 853. The predicted octanol–water partition coefficient (Wildman–Crippen LogP) is 1.24. The van der Waals surface area contributed by atoms with Crippen molar-refractivity contribution in [2.75, 3.05) is 31.1 Å². The molecule has 4 rings (SSSR count). The van der Waals surface area contributed by atoms with Gasteiger partial charge < -0.3 is 15.5 Å². The zero-order valence-electron chi connectivity index (χ0n) is 15.9. The van der Waals surface area contributed by atoms with Crippen molar-refractivity contribution in [1.29, 1.82) is 0 Å². The van der Waals surface area contributed by atoms with Crippen LogP contribution in [0, 0.1) is 5.92 Å². The van der Waals surface area contributed by atoms with Gasteiger partial charge in [0.2, 0.25) is 11.8 Å². The van der Waals surface area contributed by atoms with Crippen LogP contribution in [0.3, 0.4) is 0 Å². The lowest BCUT2D eigenvalue weighted by molar-refractivity contribution is -0.127. The van der Waals surface area contributed by atoms with Gasteiger partial charge in [0, 0.05) is 44.5 Å². The SMILES string of the molecule is Cl.Cn1cc([C@H]2CNC[C@@H]2C(=O)NCC(=O)N2CCCc3ccccc32)cn1. The molecule has 2 atom stereocenters. The number of nitrogens with one attached hydrogen (secondary N) is 2. The number of hydrogen-bond acceptors (Lipinski definition) is 4. The van der Waals surface area contributed by atoms with Crippen LogP contribution in [0.4, 0.5) is 5.69 Å². The van der Waals surface area contributed by atoms with Crippen molar-refractivity contribution in [2.24, 2.45) is 13.0 Å². The molecule has 7 nitrogen and oxygen atoms in total. The largest absolute Gasteiger partial charge is 0.347 e. The first-order valence-electron chi connectivity index (χ1n) is 9.48. The van der Waals surface area contributed by atoms with Gasteiger partial charge in [0.25, 0.3) is 0 Å². The van der Waals surface area contributed by atoms with Crippen molar-refractivity contribution in [2.45, 2.75) is 18.8 Å². The summed E-state index contributed by atoms with van der Waals surface area (Å²) in [6.07, 6.45) is 5.71. The minimum atomic E-state index is -0.185. The zero-order chi connectivity index (χ0) is 18.8. The molecular weight excluding hydrogens is 378 g/mol. The highest BCUT2D eigenvalue weighted by Gasteiger charge is 2.35. The summed E-state index contributed by atoms with van der Waals surface area (Å²) < 4.78 is 1.75. The predicted molar refractivity (Wildman–Crippen MR) is 110 cm³/mol. The Labute approximate surface area is 170 Å². The van der Waals surface area contributed by atoms with Crippen molar-refractivity contribution in [1.82, 2.24) is 20.4 Å². The van der Waals surface area contributed by atoms with Gasteiger partial charge in [0.1, 0.15) is 0 Å². The number of benzene rings is 1. The first-order valence-corrected chi connectivity index (χ1v) is 9.48. The number of aromatic nitrogens is 2. The van der Waals surface area contributed by atoms with E-state index >= 15 is 0 Å². The molecule has 1 aromatic heterocycles. The number of halogens is 1. The number of carbonyl (C=O) groups is 2. The van der Waals surface area contributed by atoms with Gasteiger partial charge in [0.15, 0.2) is 0 Å². The molecule has 2 amide bonds. The maximum Gasteiger partial charge on any atom is 0.246 e. The molecule has 0 aliphatic carbocycles. The molecule has 2 aliphatic rings. The van der Waals surface area contributed by atoms with Gasteiger partial charge >= 0.3 is 0 Å². The highest BCUT2D eigenvalue weighted by Crippen LogP contribution is 2.28. The third-order valence-electron chi connectivity index (χ3n) is 5.53. The molecular formula is C20H26ClN5O2. The molecule has 1 fully saturated rings. The van der Waals surface area contributed by atoms with Crippen molar-refractivity contribution in [3.05, 3.63) is 47.8 Å². The van der Waals surface area contributed by atoms with Crippen molar-refractivity contribution in [3.8, 4) is 0 Å². The standard InChI is InChI=1S/C20H25N5O2.ClH/c1-24-13-15(9-23-24)16-10-21-11-17(16)20(27)22-12-19(26)25-8-4-6-14-5-2-3-7-18(14)25;/h2-3,5,7,9,13,16-17,21H,4,6,8,10-12H2,1H3,(H,22,27);1H/t16-,17+;/m1./s1. The van der Waals surface area contributed by atoms with E-state index in [9.17, 15) is 9.59 Å². The lowest BCUT2D eigenvalue weighted by atomic mass is 9.90. The van der Waals surface area contributed by atoms with E-state index in [0.29, 0.717) is 13.1 Å². The molecule has 0 spiro atoms. The lowest BCUT2D eigenvalue weighted by Crippen LogP contribution is -2.44. The number of aryl methyl sites for hydroxylation is 2. The van der Waals surface area contributed by atoms with E-state index in [0.717, 1.165) is 30.6 Å². The van der Waals surface area contributed by atoms with Crippen LogP contribution in [-0.2, 0) is 23.1 Å². The van der Waals surface area contributed by atoms with Crippen LogP contribution in [-0.4, -0.2) is 47.8 Å². The smallest absolute Gasteiger partial charge is 0.246 e. The van der Waals surface area contributed by atoms with Gasteiger partial charge in [-0.25, -0.2) is 0 Å². The van der Waals surface area contributed by atoms with E-state index in [-0.39, 0.29) is 42.6 Å². The molecule has 1 aromatic carbocycles. The average molecular weight is 404 g/mol. The summed E-state index contributed by atoms with van der Waals surface area (Å²) in [4.78, 5) is 27.2. The second-order valence-corrected chi connectivity index (χ2v) is 7.31.